The van der Waals surface area contributed by atoms with E-state index in [9.17, 15) is 0 Å². The molecule has 4 rings (SSSR count). The molecule has 0 radical (unpaired) electrons. The molecule has 104 valence electrons. The van der Waals surface area contributed by atoms with E-state index < -0.39 is 0 Å². The Kier molecular flexibility index (Phi) is 3.00. The molecule has 0 spiro atoms. The number of ether oxygens (including phenoxy) is 1. The minimum Gasteiger partial charge on any atom is -0.493 e. The van der Waals surface area contributed by atoms with Crippen molar-refractivity contribution in [3.8, 4) is 5.75 Å². The largest absolute Gasteiger partial charge is 0.493 e. The van der Waals surface area contributed by atoms with E-state index in [0.717, 1.165) is 18.8 Å². The fourth-order valence-corrected chi connectivity index (χ4v) is 3.98. The molecule has 1 aliphatic heterocycles. The molecule has 1 aromatic carbocycles. The first-order valence-electron chi connectivity index (χ1n) is 7.25. The SMILES string of the molecule is NCc1sc(C2COc3ccccc3C2)nc1C1CC1. The Balaban J connectivity index is 1.62. The van der Waals surface area contributed by atoms with Crippen LogP contribution in [0, 0.1) is 0 Å². The Morgan fingerprint density at radius 1 is 1.25 bits per heavy atom. The lowest BCUT2D eigenvalue weighted by atomic mass is 9.97. The summed E-state index contributed by atoms with van der Waals surface area (Å²) in [5.74, 6) is 2.09. The molecule has 0 amide bonds. The van der Waals surface area contributed by atoms with Crippen LogP contribution in [0.4, 0.5) is 0 Å². The number of rotatable bonds is 3. The van der Waals surface area contributed by atoms with Crippen molar-refractivity contribution in [2.24, 2.45) is 5.73 Å². The highest BCUT2D eigenvalue weighted by atomic mass is 32.1. The van der Waals surface area contributed by atoms with Gasteiger partial charge in [0.1, 0.15) is 5.75 Å². The van der Waals surface area contributed by atoms with E-state index in [1.54, 1.807) is 11.3 Å². The molecule has 0 saturated heterocycles. The zero-order chi connectivity index (χ0) is 13.5. The average molecular weight is 286 g/mol. The van der Waals surface area contributed by atoms with Crippen molar-refractivity contribution >= 4 is 11.3 Å². The summed E-state index contributed by atoms with van der Waals surface area (Å²) < 4.78 is 5.88. The summed E-state index contributed by atoms with van der Waals surface area (Å²) in [6.45, 7) is 1.35. The summed E-state index contributed by atoms with van der Waals surface area (Å²) >= 11 is 1.79. The molecule has 20 heavy (non-hydrogen) atoms. The molecule has 2 aromatic rings. The first-order valence-corrected chi connectivity index (χ1v) is 8.07. The second-order valence-electron chi connectivity index (χ2n) is 5.66. The first-order chi connectivity index (χ1) is 9.85. The third-order valence-electron chi connectivity index (χ3n) is 4.12. The number of nitrogens with zero attached hydrogens (tertiary/aromatic N) is 1. The maximum absolute atomic E-state index is 5.88. The highest BCUT2D eigenvalue weighted by molar-refractivity contribution is 7.11. The maximum Gasteiger partial charge on any atom is 0.122 e. The zero-order valence-corrected chi connectivity index (χ0v) is 12.2. The summed E-state index contributed by atoms with van der Waals surface area (Å²) in [7, 11) is 0. The molecule has 1 fully saturated rings. The molecule has 2 heterocycles. The highest BCUT2D eigenvalue weighted by Crippen LogP contribution is 2.44. The van der Waals surface area contributed by atoms with Gasteiger partial charge in [-0.15, -0.1) is 11.3 Å². The van der Waals surface area contributed by atoms with Gasteiger partial charge in [0.2, 0.25) is 0 Å². The summed E-state index contributed by atoms with van der Waals surface area (Å²) in [4.78, 5) is 6.18. The molecule has 1 unspecified atom stereocenters. The van der Waals surface area contributed by atoms with Crippen LogP contribution in [0.3, 0.4) is 0 Å². The molecular formula is C16H18N2OS. The number of para-hydroxylation sites is 1. The molecule has 3 nitrogen and oxygen atoms in total. The number of aromatic nitrogens is 1. The predicted octanol–water partition coefficient (Wildman–Crippen LogP) is 3.20. The number of hydrogen-bond acceptors (Lipinski definition) is 4. The van der Waals surface area contributed by atoms with Gasteiger partial charge < -0.3 is 10.5 Å². The van der Waals surface area contributed by atoms with Crippen LogP contribution >= 0.6 is 11.3 Å². The van der Waals surface area contributed by atoms with Crippen molar-refractivity contribution in [2.45, 2.75) is 37.6 Å². The second-order valence-corrected chi connectivity index (χ2v) is 6.77. The Morgan fingerprint density at radius 3 is 2.90 bits per heavy atom. The minimum absolute atomic E-state index is 0.382. The van der Waals surface area contributed by atoms with Crippen molar-refractivity contribution in [3.63, 3.8) is 0 Å². The molecule has 2 N–H and O–H groups in total. The van der Waals surface area contributed by atoms with Gasteiger partial charge in [0.15, 0.2) is 0 Å². The summed E-state index contributed by atoms with van der Waals surface area (Å²) in [6, 6.07) is 8.31. The van der Waals surface area contributed by atoms with Crippen molar-refractivity contribution in [1.82, 2.24) is 4.98 Å². The maximum atomic E-state index is 5.88. The summed E-state index contributed by atoms with van der Waals surface area (Å²) in [5, 5.41) is 1.21. The van der Waals surface area contributed by atoms with E-state index in [-0.39, 0.29) is 0 Å². The fraction of sp³-hybridized carbons (Fsp3) is 0.438. The standard InChI is InChI=1S/C16H18N2OS/c17-8-14-15(10-5-6-10)18-16(20-14)12-7-11-3-1-2-4-13(11)19-9-12/h1-4,10,12H,5-9,17H2. The van der Waals surface area contributed by atoms with Crippen molar-refractivity contribution in [3.05, 3.63) is 45.4 Å². The summed E-state index contributed by atoms with van der Waals surface area (Å²) in [5.41, 5.74) is 8.44. The quantitative estimate of drug-likeness (QED) is 0.942. The number of fused-ring (bicyclic) bond motifs is 1. The second kappa shape index (κ2) is 4.86. The number of hydrogen-bond donors (Lipinski definition) is 1. The molecule has 1 saturated carbocycles. The van der Waals surface area contributed by atoms with E-state index >= 15 is 0 Å². The van der Waals surface area contributed by atoms with Gasteiger partial charge in [-0.1, -0.05) is 18.2 Å². The third-order valence-corrected chi connectivity index (χ3v) is 5.38. The first kappa shape index (κ1) is 12.4. The molecular weight excluding hydrogens is 268 g/mol. The van der Waals surface area contributed by atoms with Crippen LogP contribution < -0.4 is 10.5 Å². The van der Waals surface area contributed by atoms with E-state index in [1.807, 2.05) is 12.1 Å². The molecule has 1 atom stereocenters. The highest BCUT2D eigenvalue weighted by Gasteiger charge is 2.31. The lowest BCUT2D eigenvalue weighted by Crippen LogP contribution is -2.19. The Labute approximate surface area is 122 Å². The van der Waals surface area contributed by atoms with Crippen LogP contribution in [0.2, 0.25) is 0 Å². The van der Waals surface area contributed by atoms with Gasteiger partial charge in [0.25, 0.3) is 0 Å². The molecule has 1 aliphatic carbocycles. The lowest BCUT2D eigenvalue weighted by Gasteiger charge is -2.23. The number of thiazole rings is 1. The fourth-order valence-electron chi connectivity index (χ4n) is 2.87. The van der Waals surface area contributed by atoms with Crippen LogP contribution in [-0.2, 0) is 13.0 Å². The predicted molar refractivity (Wildman–Crippen MR) is 80.4 cm³/mol. The average Bonchev–Trinajstić information content (AvgIpc) is 3.26. The van der Waals surface area contributed by atoms with Gasteiger partial charge in [0.05, 0.1) is 17.3 Å². The molecule has 1 aromatic heterocycles. The minimum atomic E-state index is 0.382. The van der Waals surface area contributed by atoms with Gasteiger partial charge in [-0.25, -0.2) is 4.98 Å². The van der Waals surface area contributed by atoms with Crippen LogP contribution in [0.25, 0.3) is 0 Å². The Morgan fingerprint density at radius 2 is 2.10 bits per heavy atom. The normalized spacial score (nSPS) is 21.4. The number of nitrogens with two attached hydrogens (primary N) is 1. The summed E-state index contributed by atoms with van der Waals surface area (Å²) in [6.07, 6.45) is 3.58. The third kappa shape index (κ3) is 2.13. The van der Waals surface area contributed by atoms with Crippen LogP contribution in [0.15, 0.2) is 24.3 Å². The van der Waals surface area contributed by atoms with Crippen LogP contribution in [0.5, 0.6) is 5.75 Å². The topological polar surface area (TPSA) is 48.1 Å². The molecule has 0 bridgehead atoms. The van der Waals surface area contributed by atoms with Crippen molar-refractivity contribution in [2.75, 3.05) is 6.61 Å². The number of benzene rings is 1. The lowest BCUT2D eigenvalue weighted by molar-refractivity contribution is 0.262. The van der Waals surface area contributed by atoms with Gasteiger partial charge in [0, 0.05) is 23.3 Å². The zero-order valence-electron chi connectivity index (χ0n) is 11.3. The van der Waals surface area contributed by atoms with Gasteiger partial charge in [-0.2, -0.15) is 0 Å². The van der Waals surface area contributed by atoms with E-state index in [2.05, 4.69) is 12.1 Å². The molecule has 4 heteroatoms. The monoisotopic (exact) mass is 286 g/mol. The van der Waals surface area contributed by atoms with E-state index in [0.29, 0.717) is 18.4 Å². The smallest absolute Gasteiger partial charge is 0.122 e. The Bertz CT molecular complexity index is 633. The van der Waals surface area contributed by atoms with Gasteiger partial charge >= 0.3 is 0 Å². The van der Waals surface area contributed by atoms with Gasteiger partial charge in [-0.3, -0.25) is 0 Å². The van der Waals surface area contributed by atoms with Crippen molar-refractivity contribution in [1.29, 1.82) is 0 Å². The van der Waals surface area contributed by atoms with Gasteiger partial charge in [-0.05, 0) is 30.9 Å². The van der Waals surface area contributed by atoms with E-state index in [1.165, 1.54) is 34.0 Å². The van der Waals surface area contributed by atoms with E-state index in [4.69, 9.17) is 15.5 Å². The van der Waals surface area contributed by atoms with Crippen molar-refractivity contribution < 1.29 is 4.74 Å². The molecule has 2 aliphatic rings. The van der Waals surface area contributed by atoms with Crippen LogP contribution in [0.1, 0.15) is 45.8 Å². The van der Waals surface area contributed by atoms with Crippen LogP contribution in [-0.4, -0.2) is 11.6 Å². The Hall–Kier alpha value is -1.39.